The maximum absolute atomic E-state index is 13.9. The molecule has 10 heteroatoms. The Morgan fingerprint density at radius 2 is 1.90 bits per heavy atom. The summed E-state index contributed by atoms with van der Waals surface area (Å²) >= 11 is 2.83. The van der Waals surface area contributed by atoms with E-state index < -0.39 is 0 Å². The number of carbonyl (C=O) groups excluding carboxylic acids is 1. The van der Waals surface area contributed by atoms with Crippen molar-refractivity contribution < 1.29 is 9.53 Å². The average Bonchev–Trinajstić information content (AvgIpc) is 3.32. The third-order valence-electron chi connectivity index (χ3n) is 6.51. The quantitative estimate of drug-likeness (QED) is 0.133. The predicted molar refractivity (Wildman–Crippen MR) is 160 cm³/mol. The Balaban J connectivity index is 1.38. The molecule has 0 unspecified atom stereocenters. The first-order chi connectivity index (χ1) is 18.9. The Morgan fingerprint density at radius 3 is 2.62 bits per heavy atom. The van der Waals surface area contributed by atoms with Crippen molar-refractivity contribution in [3.05, 3.63) is 74.9 Å². The van der Waals surface area contributed by atoms with Crippen LogP contribution >= 0.6 is 23.1 Å². The number of benzene rings is 2. The number of aromatic nitrogens is 2. The number of carbonyl (C=O) groups is 1. The molecule has 0 saturated heterocycles. The molecule has 2 heterocycles. The van der Waals surface area contributed by atoms with Gasteiger partial charge in [-0.15, -0.1) is 11.3 Å². The second-order valence-corrected chi connectivity index (χ2v) is 11.4. The lowest BCUT2D eigenvalue weighted by molar-refractivity contribution is -0.118. The number of thiophene rings is 1. The van der Waals surface area contributed by atoms with Crippen LogP contribution in [-0.2, 0) is 17.6 Å². The predicted octanol–water partition coefficient (Wildman–Crippen LogP) is 5.03. The van der Waals surface area contributed by atoms with Gasteiger partial charge in [-0.2, -0.15) is 5.10 Å². The number of hydrogen-bond donors (Lipinski definition) is 1. The zero-order chi connectivity index (χ0) is 27.4. The second-order valence-electron chi connectivity index (χ2n) is 9.42. The molecule has 8 nitrogen and oxygen atoms in total. The van der Waals surface area contributed by atoms with E-state index in [1.54, 1.807) is 22.1 Å². The molecule has 0 fully saturated rings. The number of hydrazone groups is 1. The van der Waals surface area contributed by atoms with Crippen molar-refractivity contribution in [2.75, 3.05) is 31.4 Å². The van der Waals surface area contributed by atoms with Crippen molar-refractivity contribution in [2.24, 2.45) is 5.10 Å². The van der Waals surface area contributed by atoms with E-state index in [9.17, 15) is 9.59 Å². The van der Waals surface area contributed by atoms with Gasteiger partial charge < -0.3 is 9.64 Å². The van der Waals surface area contributed by atoms with E-state index in [4.69, 9.17) is 9.72 Å². The maximum Gasteiger partial charge on any atom is 0.267 e. The number of amides is 1. The lowest BCUT2D eigenvalue weighted by Gasteiger charge is -2.14. The van der Waals surface area contributed by atoms with Gasteiger partial charge in [0.15, 0.2) is 5.16 Å². The van der Waals surface area contributed by atoms with E-state index in [-0.39, 0.29) is 17.2 Å². The Kier molecular flexibility index (Phi) is 8.33. The lowest BCUT2D eigenvalue weighted by Crippen LogP contribution is -2.24. The highest BCUT2D eigenvalue weighted by Crippen LogP contribution is 2.35. The molecule has 1 aliphatic rings. The fourth-order valence-electron chi connectivity index (χ4n) is 4.57. The number of ether oxygens (including phenoxy) is 1. The molecule has 0 saturated carbocycles. The fraction of sp³-hybridized carbons (Fsp3) is 0.310. The van der Waals surface area contributed by atoms with Gasteiger partial charge in [-0.05, 0) is 80.1 Å². The molecule has 2 aromatic carbocycles. The fourth-order valence-corrected chi connectivity index (χ4v) is 6.68. The van der Waals surface area contributed by atoms with Crippen LogP contribution < -0.4 is 20.6 Å². The number of nitrogens with one attached hydrogen (secondary N) is 1. The number of thioether (sulfide) groups is 1. The van der Waals surface area contributed by atoms with Gasteiger partial charge in [-0.25, -0.2) is 10.4 Å². The minimum Gasteiger partial charge on any atom is -0.494 e. The zero-order valence-corrected chi connectivity index (χ0v) is 23.9. The number of aryl methyl sites for hydroxylation is 2. The SMILES string of the molecule is CCOc1ccc(-n2c(SCC(=O)NN=Cc3ccc(N(C)C)cc3)nc3sc4c(c3c2=O)CCCC4)cc1. The molecular weight excluding hydrogens is 530 g/mol. The van der Waals surface area contributed by atoms with Crippen molar-refractivity contribution in [1.82, 2.24) is 15.0 Å². The highest BCUT2D eigenvalue weighted by atomic mass is 32.2. The molecule has 0 atom stereocenters. The van der Waals surface area contributed by atoms with Crippen LogP contribution in [0.25, 0.3) is 15.9 Å². The topological polar surface area (TPSA) is 88.8 Å². The van der Waals surface area contributed by atoms with Gasteiger partial charge in [-0.1, -0.05) is 23.9 Å². The molecule has 1 amide bonds. The van der Waals surface area contributed by atoms with Gasteiger partial charge in [0.1, 0.15) is 10.6 Å². The summed E-state index contributed by atoms with van der Waals surface area (Å²) in [5.41, 5.74) is 6.29. The normalized spacial score (nSPS) is 13.0. The summed E-state index contributed by atoms with van der Waals surface area (Å²) in [5.74, 6) is 0.523. The van der Waals surface area contributed by atoms with Crippen LogP contribution in [0.4, 0.5) is 5.69 Å². The van der Waals surface area contributed by atoms with Crippen LogP contribution in [0.2, 0.25) is 0 Å². The van der Waals surface area contributed by atoms with E-state index >= 15 is 0 Å². The summed E-state index contributed by atoms with van der Waals surface area (Å²) in [6.07, 6.45) is 5.71. The zero-order valence-electron chi connectivity index (χ0n) is 22.3. The second kappa shape index (κ2) is 12.0. The van der Waals surface area contributed by atoms with Crippen LogP contribution in [0.3, 0.4) is 0 Å². The van der Waals surface area contributed by atoms with Gasteiger partial charge >= 0.3 is 0 Å². The van der Waals surface area contributed by atoms with Gasteiger partial charge in [0.25, 0.3) is 11.5 Å². The molecule has 0 bridgehead atoms. The Morgan fingerprint density at radius 1 is 1.15 bits per heavy atom. The lowest BCUT2D eigenvalue weighted by atomic mass is 9.97. The third kappa shape index (κ3) is 6.02. The minimum atomic E-state index is -0.278. The Labute approximate surface area is 235 Å². The molecule has 202 valence electrons. The van der Waals surface area contributed by atoms with Crippen LogP contribution in [-0.4, -0.2) is 48.1 Å². The first-order valence-corrected chi connectivity index (χ1v) is 14.8. The first kappa shape index (κ1) is 27.0. The molecule has 5 rings (SSSR count). The summed E-state index contributed by atoms with van der Waals surface area (Å²) < 4.78 is 7.20. The molecule has 4 aromatic rings. The summed E-state index contributed by atoms with van der Waals surface area (Å²) in [5, 5.41) is 5.29. The standard InChI is InChI=1S/C29H31N5O3S2/c1-4-37-22-15-13-21(14-16-22)34-28(36)26-23-7-5-6-8-24(23)39-27(26)31-29(34)38-18-25(35)32-30-17-19-9-11-20(12-10-19)33(2)3/h9-17H,4-8,18H2,1-3H3,(H,32,35). The van der Waals surface area contributed by atoms with E-state index in [1.165, 1.54) is 16.6 Å². The van der Waals surface area contributed by atoms with Crippen LogP contribution in [0.5, 0.6) is 5.75 Å². The highest BCUT2D eigenvalue weighted by molar-refractivity contribution is 7.99. The Hall–Kier alpha value is -3.63. The maximum atomic E-state index is 13.9. The van der Waals surface area contributed by atoms with Gasteiger partial charge in [-0.3, -0.25) is 14.2 Å². The van der Waals surface area contributed by atoms with Crippen molar-refractivity contribution >= 4 is 51.1 Å². The molecule has 39 heavy (non-hydrogen) atoms. The van der Waals surface area contributed by atoms with Crippen LogP contribution in [0, 0.1) is 0 Å². The molecule has 2 aromatic heterocycles. The van der Waals surface area contributed by atoms with E-state index in [0.717, 1.165) is 53.1 Å². The van der Waals surface area contributed by atoms with Crippen LogP contribution in [0.1, 0.15) is 35.8 Å². The highest BCUT2D eigenvalue weighted by Gasteiger charge is 2.23. The monoisotopic (exact) mass is 561 g/mol. The number of nitrogens with zero attached hydrogens (tertiary/aromatic N) is 4. The summed E-state index contributed by atoms with van der Waals surface area (Å²) in [6.45, 7) is 2.49. The van der Waals surface area contributed by atoms with E-state index in [2.05, 4.69) is 10.5 Å². The molecule has 0 aliphatic heterocycles. The van der Waals surface area contributed by atoms with Crippen molar-refractivity contribution in [3.63, 3.8) is 0 Å². The minimum absolute atomic E-state index is 0.0664. The van der Waals surface area contributed by atoms with Gasteiger partial charge in [0.05, 0.1) is 29.6 Å². The molecular formula is C29H31N5O3S2. The average molecular weight is 562 g/mol. The molecule has 1 aliphatic carbocycles. The van der Waals surface area contributed by atoms with E-state index in [0.29, 0.717) is 22.8 Å². The third-order valence-corrected chi connectivity index (χ3v) is 8.63. The smallest absolute Gasteiger partial charge is 0.267 e. The van der Waals surface area contributed by atoms with Crippen molar-refractivity contribution in [3.8, 4) is 11.4 Å². The molecule has 1 N–H and O–H groups in total. The number of rotatable bonds is 9. The number of fused-ring (bicyclic) bond motifs is 3. The number of hydrogen-bond acceptors (Lipinski definition) is 8. The first-order valence-electron chi connectivity index (χ1n) is 13.0. The molecule has 0 radical (unpaired) electrons. The van der Waals surface area contributed by atoms with Gasteiger partial charge in [0, 0.05) is 24.7 Å². The summed E-state index contributed by atoms with van der Waals surface area (Å²) in [4.78, 5) is 35.4. The Bertz CT molecular complexity index is 1560. The largest absolute Gasteiger partial charge is 0.494 e. The van der Waals surface area contributed by atoms with Crippen molar-refractivity contribution in [2.45, 2.75) is 37.8 Å². The van der Waals surface area contributed by atoms with E-state index in [1.807, 2.05) is 74.4 Å². The van der Waals surface area contributed by atoms with Crippen molar-refractivity contribution in [1.29, 1.82) is 0 Å². The summed E-state index contributed by atoms with van der Waals surface area (Å²) in [7, 11) is 3.96. The summed E-state index contributed by atoms with van der Waals surface area (Å²) in [6, 6.07) is 15.3. The van der Waals surface area contributed by atoms with Crippen LogP contribution in [0.15, 0.2) is 63.6 Å². The van der Waals surface area contributed by atoms with Gasteiger partial charge in [0.2, 0.25) is 0 Å². The number of anilines is 1. The molecule has 0 spiro atoms.